The third-order valence-electron chi connectivity index (χ3n) is 5.86. The van der Waals surface area contributed by atoms with Gasteiger partial charge < -0.3 is 14.6 Å². The van der Waals surface area contributed by atoms with E-state index in [0.29, 0.717) is 24.9 Å². The van der Waals surface area contributed by atoms with Crippen LogP contribution in [0.15, 0.2) is 53.5 Å². The number of fused-ring (bicyclic) bond motifs is 2. The van der Waals surface area contributed by atoms with Crippen LogP contribution in [-0.2, 0) is 29.6 Å². The third kappa shape index (κ3) is 3.50. The topological polar surface area (TPSA) is 60.3 Å². The number of benzene rings is 2. The molecule has 1 heterocycles. The summed E-state index contributed by atoms with van der Waals surface area (Å²) in [4.78, 5) is 26.2. The second-order valence-corrected chi connectivity index (χ2v) is 7.53. The molecule has 1 unspecified atom stereocenters. The first kappa shape index (κ1) is 21.1. The normalized spacial score (nSPS) is 18.2. The molecule has 1 aromatic heterocycles. The van der Waals surface area contributed by atoms with Crippen molar-refractivity contribution < 1.29 is 22.7 Å². The number of carbonyl (C=O) groups is 1. The van der Waals surface area contributed by atoms with E-state index in [1.165, 1.54) is 19.4 Å². The smallest absolute Gasteiger partial charge is 0.355 e. The molecule has 1 amide bonds. The Morgan fingerprint density at radius 3 is 2.65 bits per heavy atom. The summed E-state index contributed by atoms with van der Waals surface area (Å²) in [5, 5.41) is 2.67. The van der Waals surface area contributed by atoms with E-state index in [9.17, 15) is 22.8 Å². The van der Waals surface area contributed by atoms with Crippen LogP contribution in [0.4, 0.5) is 13.2 Å². The van der Waals surface area contributed by atoms with Crippen LogP contribution in [0.5, 0.6) is 0 Å². The van der Waals surface area contributed by atoms with E-state index in [4.69, 9.17) is 4.74 Å². The van der Waals surface area contributed by atoms with Crippen LogP contribution in [-0.4, -0.2) is 17.6 Å². The lowest BCUT2D eigenvalue weighted by Gasteiger charge is -2.30. The first-order chi connectivity index (χ1) is 14.7. The molecule has 4 rings (SSSR count). The summed E-state index contributed by atoms with van der Waals surface area (Å²) in [6.45, 7) is 2.16. The number of alkyl halides is 3. The van der Waals surface area contributed by atoms with Crippen molar-refractivity contribution in [3.05, 3.63) is 81.1 Å². The van der Waals surface area contributed by atoms with Gasteiger partial charge in [0.1, 0.15) is 5.56 Å². The maximum atomic E-state index is 13.2. The number of carbonyl (C=O) groups excluding carboxylic acids is 1. The van der Waals surface area contributed by atoms with E-state index in [0.717, 1.165) is 23.3 Å². The Morgan fingerprint density at radius 1 is 1.23 bits per heavy atom. The molecule has 31 heavy (non-hydrogen) atoms. The Kier molecular flexibility index (Phi) is 5.13. The fraction of sp³-hybridized carbons (Fsp3) is 0.304. The lowest BCUT2D eigenvalue weighted by molar-refractivity contribution is -0.137. The highest BCUT2D eigenvalue weighted by Gasteiger charge is 2.41. The van der Waals surface area contributed by atoms with Gasteiger partial charge in [0.05, 0.1) is 11.1 Å². The standard InChI is InChI=1S/C23H21F3N2O3/c1-3-28-13-17(20(29)16-12-15(23(24,25)26)8-9-19(16)28)21(30)27-22(31-2)11-10-14-6-4-5-7-18(14)22/h4-9,12-13H,3,10-11H2,1-2H3,(H,27,30). The van der Waals surface area contributed by atoms with E-state index in [1.54, 1.807) is 11.5 Å². The van der Waals surface area contributed by atoms with Crippen molar-refractivity contribution in [2.75, 3.05) is 7.11 Å². The molecule has 0 saturated carbocycles. The van der Waals surface area contributed by atoms with Gasteiger partial charge in [-0.2, -0.15) is 13.2 Å². The molecule has 1 aliphatic rings. The maximum Gasteiger partial charge on any atom is 0.416 e. The molecule has 0 saturated heterocycles. The van der Waals surface area contributed by atoms with Crippen LogP contribution in [0.25, 0.3) is 10.9 Å². The molecule has 0 aliphatic heterocycles. The number of nitrogens with zero attached hydrogens (tertiary/aromatic N) is 1. The first-order valence-corrected chi connectivity index (χ1v) is 9.90. The lowest BCUT2D eigenvalue weighted by atomic mass is 10.0. The average molecular weight is 430 g/mol. The van der Waals surface area contributed by atoms with Crippen LogP contribution in [0.2, 0.25) is 0 Å². The lowest BCUT2D eigenvalue weighted by Crippen LogP contribution is -2.47. The number of ether oxygens (including phenoxy) is 1. The summed E-state index contributed by atoms with van der Waals surface area (Å²) < 4.78 is 46.8. The van der Waals surface area contributed by atoms with Crippen molar-refractivity contribution >= 4 is 16.8 Å². The molecule has 0 radical (unpaired) electrons. The zero-order valence-electron chi connectivity index (χ0n) is 17.0. The molecule has 5 nitrogen and oxygen atoms in total. The Balaban J connectivity index is 1.81. The van der Waals surface area contributed by atoms with Crippen LogP contribution < -0.4 is 10.7 Å². The summed E-state index contributed by atoms with van der Waals surface area (Å²) in [5.41, 5.74) is -0.832. The van der Waals surface area contributed by atoms with Crippen molar-refractivity contribution in [1.82, 2.24) is 9.88 Å². The third-order valence-corrected chi connectivity index (χ3v) is 5.86. The Bertz CT molecular complexity index is 1230. The van der Waals surface area contributed by atoms with Gasteiger partial charge >= 0.3 is 6.18 Å². The summed E-state index contributed by atoms with van der Waals surface area (Å²) in [6.07, 6.45) is -2.03. The number of rotatable bonds is 4. The van der Waals surface area contributed by atoms with Crippen LogP contribution >= 0.6 is 0 Å². The Morgan fingerprint density at radius 2 is 1.97 bits per heavy atom. The van der Waals surface area contributed by atoms with Crippen molar-refractivity contribution in [3.8, 4) is 0 Å². The molecule has 1 atom stereocenters. The van der Waals surface area contributed by atoms with Crippen LogP contribution in [0, 0.1) is 0 Å². The van der Waals surface area contributed by atoms with Crippen molar-refractivity contribution in [1.29, 1.82) is 0 Å². The zero-order valence-corrected chi connectivity index (χ0v) is 17.0. The fourth-order valence-corrected chi connectivity index (χ4v) is 4.22. The predicted molar refractivity (Wildman–Crippen MR) is 110 cm³/mol. The number of nitrogens with one attached hydrogen (secondary N) is 1. The Labute approximate surface area is 176 Å². The molecule has 1 N–H and O–H groups in total. The quantitative estimate of drug-likeness (QED) is 0.631. The summed E-state index contributed by atoms with van der Waals surface area (Å²) in [6, 6.07) is 10.5. The molecule has 3 aromatic rings. The molecule has 1 aliphatic carbocycles. The minimum Gasteiger partial charge on any atom is -0.355 e. The largest absolute Gasteiger partial charge is 0.416 e. The molecule has 0 spiro atoms. The highest BCUT2D eigenvalue weighted by Crippen LogP contribution is 2.37. The van der Waals surface area contributed by atoms with Gasteiger partial charge in [-0.05, 0) is 37.1 Å². The molecular formula is C23H21F3N2O3. The minimum absolute atomic E-state index is 0.150. The van der Waals surface area contributed by atoms with Gasteiger partial charge in [0.2, 0.25) is 5.43 Å². The average Bonchev–Trinajstić information content (AvgIpc) is 3.12. The second-order valence-electron chi connectivity index (χ2n) is 7.53. The number of hydrogen-bond donors (Lipinski definition) is 1. The van der Waals surface area contributed by atoms with E-state index in [2.05, 4.69) is 5.32 Å². The predicted octanol–water partition coefficient (Wildman–Crippen LogP) is 4.22. The monoisotopic (exact) mass is 430 g/mol. The molecule has 0 fully saturated rings. The van der Waals surface area contributed by atoms with Crippen LogP contribution in [0.1, 0.15) is 40.4 Å². The van der Waals surface area contributed by atoms with Gasteiger partial charge in [0, 0.05) is 37.2 Å². The number of methoxy groups -OCH3 is 1. The van der Waals surface area contributed by atoms with E-state index in [1.807, 2.05) is 24.3 Å². The number of aromatic nitrogens is 1. The Hall–Kier alpha value is -3.13. The SMILES string of the molecule is CCn1cc(C(=O)NC2(OC)CCc3ccccc32)c(=O)c2cc(C(F)(F)F)ccc21. The molecular weight excluding hydrogens is 409 g/mol. The van der Waals surface area contributed by atoms with Crippen molar-refractivity contribution in [2.45, 2.75) is 38.2 Å². The van der Waals surface area contributed by atoms with Crippen molar-refractivity contribution in [3.63, 3.8) is 0 Å². The molecule has 8 heteroatoms. The zero-order chi connectivity index (χ0) is 22.4. The van der Waals surface area contributed by atoms with Crippen molar-refractivity contribution in [2.24, 2.45) is 0 Å². The summed E-state index contributed by atoms with van der Waals surface area (Å²) in [5.74, 6) is -0.690. The number of pyridine rings is 1. The molecule has 2 aromatic carbocycles. The van der Waals surface area contributed by atoms with Crippen LogP contribution in [0.3, 0.4) is 0 Å². The number of aryl methyl sites for hydroxylation is 2. The van der Waals surface area contributed by atoms with Gasteiger partial charge in [-0.15, -0.1) is 0 Å². The number of amides is 1. The van der Waals surface area contributed by atoms with E-state index < -0.39 is 28.8 Å². The highest BCUT2D eigenvalue weighted by atomic mass is 19.4. The van der Waals surface area contributed by atoms with Gasteiger partial charge in [-0.3, -0.25) is 9.59 Å². The molecule has 0 bridgehead atoms. The van der Waals surface area contributed by atoms with Gasteiger partial charge in [0.25, 0.3) is 5.91 Å². The second kappa shape index (κ2) is 7.53. The maximum absolute atomic E-state index is 13.2. The van der Waals surface area contributed by atoms with E-state index >= 15 is 0 Å². The number of halogens is 3. The summed E-state index contributed by atoms with van der Waals surface area (Å²) in [7, 11) is 1.47. The minimum atomic E-state index is -4.59. The fourth-order valence-electron chi connectivity index (χ4n) is 4.22. The number of hydrogen-bond acceptors (Lipinski definition) is 3. The first-order valence-electron chi connectivity index (χ1n) is 9.90. The highest BCUT2D eigenvalue weighted by molar-refractivity contribution is 5.98. The molecule has 162 valence electrons. The van der Waals surface area contributed by atoms with Gasteiger partial charge in [-0.1, -0.05) is 24.3 Å². The summed E-state index contributed by atoms with van der Waals surface area (Å²) >= 11 is 0. The van der Waals surface area contributed by atoms with Gasteiger partial charge in [0.15, 0.2) is 5.72 Å². The van der Waals surface area contributed by atoms with E-state index in [-0.39, 0.29) is 10.9 Å². The van der Waals surface area contributed by atoms with Gasteiger partial charge in [-0.25, -0.2) is 0 Å².